The van der Waals surface area contributed by atoms with Gasteiger partial charge in [-0.25, -0.2) is 0 Å². The largest absolute Gasteiger partial charge is 0.391 e. The van der Waals surface area contributed by atoms with Gasteiger partial charge in [-0.05, 0) is 0 Å². The Morgan fingerprint density at radius 1 is 1.40 bits per heavy atom. The van der Waals surface area contributed by atoms with Crippen LogP contribution in [0.15, 0.2) is 11.6 Å². The van der Waals surface area contributed by atoms with Gasteiger partial charge in [0.1, 0.15) is 0 Å². The third-order valence-electron chi connectivity index (χ3n) is 0.803. The SMILES string of the molecule is NC(=O)C=C(CO)C(N)=O. The number of rotatable bonds is 3. The summed E-state index contributed by atoms with van der Waals surface area (Å²) in [7, 11) is 0. The Labute approximate surface area is 57.3 Å². The Morgan fingerprint density at radius 2 is 1.90 bits per heavy atom. The van der Waals surface area contributed by atoms with Crippen LogP contribution in [0.1, 0.15) is 0 Å². The molecule has 0 aromatic heterocycles. The highest BCUT2D eigenvalue weighted by Gasteiger charge is 2.03. The normalized spacial score (nSPS) is 11.1. The van der Waals surface area contributed by atoms with Crippen molar-refractivity contribution in [2.75, 3.05) is 6.61 Å². The number of carbonyl (C=O) groups is 2. The minimum Gasteiger partial charge on any atom is -0.391 e. The minimum absolute atomic E-state index is 0.187. The van der Waals surface area contributed by atoms with Crippen LogP contribution in [-0.2, 0) is 9.59 Å². The lowest BCUT2D eigenvalue weighted by Gasteiger charge is -1.93. The summed E-state index contributed by atoms with van der Waals surface area (Å²) in [5.41, 5.74) is 9.21. The molecule has 2 amide bonds. The Kier molecular flexibility index (Phi) is 3.13. The Morgan fingerprint density at radius 3 is 2.00 bits per heavy atom. The summed E-state index contributed by atoms with van der Waals surface area (Å²) < 4.78 is 0. The molecule has 0 spiro atoms. The van der Waals surface area contributed by atoms with Gasteiger partial charge < -0.3 is 16.6 Å². The third-order valence-corrected chi connectivity index (χ3v) is 0.803. The number of aliphatic hydroxyl groups is 1. The highest BCUT2D eigenvalue weighted by atomic mass is 16.3. The van der Waals surface area contributed by atoms with Crippen molar-refractivity contribution in [1.82, 2.24) is 0 Å². The summed E-state index contributed by atoms with van der Waals surface area (Å²) in [5, 5.41) is 8.37. The Hall–Kier alpha value is -1.36. The monoisotopic (exact) mass is 144 g/mol. The fourth-order valence-corrected chi connectivity index (χ4v) is 0.366. The van der Waals surface area contributed by atoms with Gasteiger partial charge in [-0.1, -0.05) is 0 Å². The van der Waals surface area contributed by atoms with Crippen molar-refractivity contribution in [2.45, 2.75) is 0 Å². The van der Waals surface area contributed by atoms with Crippen LogP contribution in [0.4, 0.5) is 0 Å². The highest BCUT2D eigenvalue weighted by Crippen LogP contribution is 1.88. The molecule has 0 rings (SSSR count). The van der Waals surface area contributed by atoms with Crippen molar-refractivity contribution < 1.29 is 14.7 Å². The molecule has 0 bridgehead atoms. The molecule has 0 aliphatic carbocycles. The van der Waals surface area contributed by atoms with Crippen LogP contribution in [0, 0.1) is 0 Å². The molecule has 5 nitrogen and oxygen atoms in total. The van der Waals surface area contributed by atoms with E-state index in [1.165, 1.54) is 0 Å². The van der Waals surface area contributed by atoms with E-state index in [4.69, 9.17) is 10.8 Å². The summed E-state index contributed by atoms with van der Waals surface area (Å²) in [4.78, 5) is 20.4. The molecule has 0 aliphatic rings. The van der Waals surface area contributed by atoms with Gasteiger partial charge in [0.2, 0.25) is 11.8 Å². The number of hydrogen-bond donors (Lipinski definition) is 3. The van der Waals surface area contributed by atoms with E-state index in [1.807, 2.05) is 0 Å². The molecule has 0 heterocycles. The average molecular weight is 144 g/mol. The maximum atomic E-state index is 10.3. The van der Waals surface area contributed by atoms with Crippen molar-refractivity contribution in [2.24, 2.45) is 11.5 Å². The molecule has 0 aliphatic heterocycles. The predicted octanol–water partition coefficient (Wildman–Crippen LogP) is -2.12. The lowest BCUT2D eigenvalue weighted by Crippen LogP contribution is -2.19. The van der Waals surface area contributed by atoms with E-state index >= 15 is 0 Å². The van der Waals surface area contributed by atoms with Gasteiger partial charge in [-0.3, -0.25) is 9.59 Å². The van der Waals surface area contributed by atoms with Crippen LogP contribution >= 0.6 is 0 Å². The first-order chi connectivity index (χ1) is 4.57. The molecule has 0 radical (unpaired) electrons. The van der Waals surface area contributed by atoms with E-state index in [-0.39, 0.29) is 5.57 Å². The van der Waals surface area contributed by atoms with Gasteiger partial charge in [0.25, 0.3) is 0 Å². The molecule has 5 N–H and O–H groups in total. The van der Waals surface area contributed by atoms with Crippen LogP contribution in [0.2, 0.25) is 0 Å². The summed E-state index contributed by atoms with van der Waals surface area (Å²) in [5.74, 6) is -1.65. The third kappa shape index (κ3) is 2.83. The van der Waals surface area contributed by atoms with Gasteiger partial charge in [0.05, 0.1) is 6.61 Å². The first kappa shape index (κ1) is 8.64. The van der Waals surface area contributed by atoms with Crippen molar-refractivity contribution in [3.05, 3.63) is 11.6 Å². The molecular weight excluding hydrogens is 136 g/mol. The number of carbonyl (C=O) groups excluding carboxylic acids is 2. The lowest BCUT2D eigenvalue weighted by atomic mass is 10.2. The minimum atomic E-state index is -0.846. The van der Waals surface area contributed by atoms with E-state index < -0.39 is 18.4 Å². The zero-order valence-electron chi connectivity index (χ0n) is 5.20. The Balaban J connectivity index is 4.34. The predicted molar refractivity (Wildman–Crippen MR) is 33.6 cm³/mol. The topological polar surface area (TPSA) is 106 Å². The smallest absolute Gasteiger partial charge is 0.247 e. The van der Waals surface area contributed by atoms with Gasteiger partial charge in [0.15, 0.2) is 0 Å². The molecule has 0 unspecified atom stereocenters. The number of amides is 2. The second-order valence-corrected chi connectivity index (χ2v) is 1.59. The zero-order chi connectivity index (χ0) is 8.15. The first-order valence-electron chi connectivity index (χ1n) is 2.48. The second-order valence-electron chi connectivity index (χ2n) is 1.59. The molecule has 56 valence electrons. The molecule has 0 aromatic carbocycles. The number of hydrogen-bond acceptors (Lipinski definition) is 3. The Bertz CT molecular complexity index is 185. The van der Waals surface area contributed by atoms with Crippen molar-refractivity contribution >= 4 is 11.8 Å². The number of nitrogens with two attached hydrogens (primary N) is 2. The van der Waals surface area contributed by atoms with Crippen LogP contribution in [0.3, 0.4) is 0 Å². The molecular formula is C5H8N2O3. The van der Waals surface area contributed by atoms with Crippen LogP contribution in [0.25, 0.3) is 0 Å². The fourth-order valence-electron chi connectivity index (χ4n) is 0.366. The molecule has 0 atom stereocenters. The molecule has 0 aromatic rings. The van der Waals surface area contributed by atoms with Crippen LogP contribution < -0.4 is 11.5 Å². The van der Waals surface area contributed by atoms with Gasteiger partial charge in [-0.2, -0.15) is 0 Å². The van der Waals surface area contributed by atoms with Crippen LogP contribution in [-0.4, -0.2) is 23.5 Å². The first-order valence-corrected chi connectivity index (χ1v) is 2.48. The number of aliphatic hydroxyl groups excluding tert-OH is 1. The fraction of sp³-hybridized carbons (Fsp3) is 0.200. The van der Waals surface area contributed by atoms with Gasteiger partial charge >= 0.3 is 0 Å². The average Bonchev–Trinajstić information content (AvgIpc) is 1.81. The summed E-state index contributed by atoms with van der Waals surface area (Å²) >= 11 is 0. The van der Waals surface area contributed by atoms with Crippen molar-refractivity contribution in [3.8, 4) is 0 Å². The molecule has 10 heavy (non-hydrogen) atoms. The maximum absolute atomic E-state index is 10.3. The van der Waals surface area contributed by atoms with Crippen molar-refractivity contribution in [1.29, 1.82) is 0 Å². The van der Waals surface area contributed by atoms with Crippen molar-refractivity contribution in [3.63, 3.8) is 0 Å². The molecule has 0 fully saturated rings. The highest BCUT2D eigenvalue weighted by molar-refractivity contribution is 5.99. The quantitative estimate of drug-likeness (QED) is 0.394. The maximum Gasteiger partial charge on any atom is 0.247 e. The summed E-state index contributed by atoms with van der Waals surface area (Å²) in [6, 6.07) is 0. The van der Waals surface area contributed by atoms with E-state index in [0.29, 0.717) is 0 Å². The zero-order valence-corrected chi connectivity index (χ0v) is 5.20. The summed E-state index contributed by atoms with van der Waals surface area (Å²) in [6.45, 7) is -0.571. The lowest BCUT2D eigenvalue weighted by molar-refractivity contribution is -0.116. The van der Waals surface area contributed by atoms with E-state index in [2.05, 4.69) is 5.73 Å². The van der Waals surface area contributed by atoms with E-state index in [1.54, 1.807) is 0 Å². The molecule has 5 heteroatoms. The van der Waals surface area contributed by atoms with E-state index in [9.17, 15) is 9.59 Å². The van der Waals surface area contributed by atoms with Gasteiger partial charge in [0, 0.05) is 11.6 Å². The summed E-state index contributed by atoms with van der Waals surface area (Å²) in [6.07, 6.45) is 0.794. The van der Waals surface area contributed by atoms with Gasteiger partial charge in [-0.15, -0.1) is 0 Å². The second kappa shape index (κ2) is 3.62. The molecule has 0 saturated carbocycles. The standard InChI is InChI=1S/C5H8N2O3/c6-4(9)1-3(2-8)5(7)10/h1,8H,2H2,(H2,6,9)(H2,7,10). The van der Waals surface area contributed by atoms with E-state index in [0.717, 1.165) is 6.08 Å². The number of primary amides is 2. The van der Waals surface area contributed by atoms with Crippen LogP contribution in [0.5, 0.6) is 0 Å². The molecule has 0 saturated heterocycles.